The Kier molecular flexibility index (Phi) is 5.02. The van der Waals surface area contributed by atoms with Gasteiger partial charge in [0.15, 0.2) is 0 Å². The van der Waals surface area contributed by atoms with Crippen LogP contribution in [0.2, 0.25) is 0 Å². The molecule has 5 heteroatoms. The highest BCUT2D eigenvalue weighted by Gasteiger charge is 2.09. The minimum Gasteiger partial charge on any atom is -0.481 e. The summed E-state index contributed by atoms with van der Waals surface area (Å²) in [6.07, 6.45) is 4.07. The zero-order chi connectivity index (χ0) is 11.4. The third kappa shape index (κ3) is 3.43. The van der Waals surface area contributed by atoms with Crippen LogP contribution >= 0.6 is 39.5 Å². The first-order valence-electron chi connectivity index (χ1n) is 4.20. The summed E-state index contributed by atoms with van der Waals surface area (Å²) in [5, 5.41) is 8.72. The van der Waals surface area contributed by atoms with Crippen LogP contribution in [-0.4, -0.2) is 23.6 Å². The molecule has 1 aromatic carbocycles. The maximum Gasteiger partial charge on any atom is 0.307 e. The number of aliphatic carboxylic acids is 1. The third-order valence-corrected chi connectivity index (χ3v) is 4.48. The molecule has 0 aliphatic rings. The summed E-state index contributed by atoms with van der Waals surface area (Å²) < 4.78 is 0.970. The van der Waals surface area contributed by atoms with Gasteiger partial charge in [0, 0.05) is 14.3 Å². The number of carboxylic acids is 1. The zero-order valence-corrected chi connectivity index (χ0v) is 11.6. The molecule has 0 aliphatic carbocycles. The molecule has 0 heterocycles. The highest BCUT2D eigenvalue weighted by Crippen LogP contribution is 2.35. The van der Waals surface area contributed by atoms with Gasteiger partial charge in [0.1, 0.15) is 0 Å². The van der Waals surface area contributed by atoms with E-state index in [1.807, 2.05) is 24.6 Å². The van der Waals surface area contributed by atoms with Crippen molar-refractivity contribution in [3.63, 3.8) is 0 Å². The maximum atomic E-state index is 10.6. The third-order valence-electron chi connectivity index (χ3n) is 1.85. The molecule has 0 radical (unpaired) electrons. The Morgan fingerprint density at radius 1 is 1.40 bits per heavy atom. The number of benzene rings is 1. The van der Waals surface area contributed by atoms with Crippen molar-refractivity contribution in [3.8, 4) is 0 Å². The van der Waals surface area contributed by atoms with E-state index in [1.165, 1.54) is 0 Å². The zero-order valence-electron chi connectivity index (χ0n) is 8.41. The lowest BCUT2D eigenvalue weighted by Crippen LogP contribution is -2.00. The van der Waals surface area contributed by atoms with Crippen molar-refractivity contribution in [2.45, 2.75) is 16.2 Å². The molecular formula is C10H11BrO2S2. The van der Waals surface area contributed by atoms with Crippen molar-refractivity contribution in [1.29, 1.82) is 0 Å². The van der Waals surface area contributed by atoms with Crippen LogP contribution in [-0.2, 0) is 11.2 Å². The van der Waals surface area contributed by atoms with Gasteiger partial charge in [0.05, 0.1) is 6.42 Å². The molecule has 0 unspecified atom stereocenters. The fraction of sp³-hybridized carbons (Fsp3) is 0.300. The molecule has 0 aliphatic heterocycles. The van der Waals surface area contributed by atoms with E-state index in [9.17, 15) is 4.79 Å². The molecule has 82 valence electrons. The van der Waals surface area contributed by atoms with Crippen LogP contribution in [0.1, 0.15) is 5.56 Å². The molecule has 0 amide bonds. The number of carboxylic acid groups (broad SMARTS) is 1. The molecule has 15 heavy (non-hydrogen) atoms. The smallest absolute Gasteiger partial charge is 0.307 e. The van der Waals surface area contributed by atoms with Gasteiger partial charge < -0.3 is 5.11 Å². The van der Waals surface area contributed by atoms with Crippen LogP contribution in [0.15, 0.2) is 26.4 Å². The van der Waals surface area contributed by atoms with Crippen molar-refractivity contribution >= 4 is 45.4 Å². The largest absolute Gasteiger partial charge is 0.481 e. The van der Waals surface area contributed by atoms with Gasteiger partial charge in [-0.25, -0.2) is 0 Å². The maximum absolute atomic E-state index is 10.6. The predicted molar refractivity (Wildman–Crippen MR) is 69.0 cm³/mol. The Morgan fingerprint density at radius 2 is 2.07 bits per heavy atom. The van der Waals surface area contributed by atoms with Crippen LogP contribution in [0.4, 0.5) is 0 Å². The second kappa shape index (κ2) is 5.82. The fourth-order valence-electron chi connectivity index (χ4n) is 1.25. The lowest BCUT2D eigenvalue weighted by molar-refractivity contribution is -0.136. The number of carbonyl (C=O) groups is 1. The molecule has 1 rings (SSSR count). The molecule has 0 saturated heterocycles. The van der Waals surface area contributed by atoms with E-state index in [0.717, 1.165) is 19.8 Å². The first-order valence-corrected chi connectivity index (χ1v) is 7.45. The first kappa shape index (κ1) is 12.9. The average Bonchev–Trinajstić information content (AvgIpc) is 2.15. The van der Waals surface area contributed by atoms with Gasteiger partial charge in [-0.05, 0) is 46.1 Å². The Hall–Kier alpha value is -0.130. The predicted octanol–water partition coefficient (Wildman–Crippen LogP) is 3.52. The number of halogens is 1. The summed E-state index contributed by atoms with van der Waals surface area (Å²) >= 11 is 6.75. The molecule has 0 spiro atoms. The summed E-state index contributed by atoms with van der Waals surface area (Å²) in [5.74, 6) is -0.800. The van der Waals surface area contributed by atoms with E-state index in [1.54, 1.807) is 23.5 Å². The standard InChI is InChI=1S/C10H11BrO2S2/c1-14-8-4-6(5-9(12)13)3-7(11)10(8)15-2/h3-4H,5H2,1-2H3,(H,12,13). The van der Waals surface area contributed by atoms with Crippen LogP contribution in [0.3, 0.4) is 0 Å². The summed E-state index contributed by atoms with van der Waals surface area (Å²) in [6, 6.07) is 3.81. The molecule has 2 nitrogen and oxygen atoms in total. The second-order valence-corrected chi connectivity index (χ2v) is 5.40. The molecule has 0 fully saturated rings. The average molecular weight is 307 g/mol. The Morgan fingerprint density at radius 3 is 2.53 bits per heavy atom. The Labute approximate surface area is 106 Å². The highest BCUT2D eigenvalue weighted by molar-refractivity contribution is 9.10. The van der Waals surface area contributed by atoms with Crippen molar-refractivity contribution in [3.05, 3.63) is 22.2 Å². The summed E-state index contributed by atoms with van der Waals surface area (Å²) in [6.45, 7) is 0. The minimum atomic E-state index is -0.800. The molecule has 0 atom stereocenters. The topological polar surface area (TPSA) is 37.3 Å². The van der Waals surface area contributed by atoms with E-state index in [0.29, 0.717) is 0 Å². The van der Waals surface area contributed by atoms with E-state index >= 15 is 0 Å². The molecule has 0 saturated carbocycles. The van der Waals surface area contributed by atoms with Crippen molar-refractivity contribution in [2.24, 2.45) is 0 Å². The Balaban J connectivity index is 3.13. The normalized spacial score (nSPS) is 10.3. The van der Waals surface area contributed by atoms with Crippen LogP contribution in [0, 0.1) is 0 Å². The van der Waals surface area contributed by atoms with Gasteiger partial charge >= 0.3 is 5.97 Å². The van der Waals surface area contributed by atoms with Gasteiger partial charge in [0.2, 0.25) is 0 Å². The number of thioether (sulfide) groups is 2. The van der Waals surface area contributed by atoms with Crippen molar-refractivity contribution in [1.82, 2.24) is 0 Å². The molecule has 0 bridgehead atoms. The van der Waals surface area contributed by atoms with Crippen LogP contribution < -0.4 is 0 Å². The van der Waals surface area contributed by atoms with Gasteiger partial charge in [-0.15, -0.1) is 23.5 Å². The summed E-state index contributed by atoms with van der Waals surface area (Å²) in [7, 11) is 0. The second-order valence-electron chi connectivity index (χ2n) is 2.88. The minimum absolute atomic E-state index is 0.0703. The van der Waals surface area contributed by atoms with Gasteiger partial charge in [-0.1, -0.05) is 0 Å². The van der Waals surface area contributed by atoms with E-state index in [-0.39, 0.29) is 6.42 Å². The van der Waals surface area contributed by atoms with Crippen LogP contribution in [0.5, 0.6) is 0 Å². The summed E-state index contributed by atoms with van der Waals surface area (Å²) in [4.78, 5) is 12.9. The Bertz CT molecular complexity index is 380. The van der Waals surface area contributed by atoms with Crippen molar-refractivity contribution in [2.75, 3.05) is 12.5 Å². The lowest BCUT2D eigenvalue weighted by atomic mass is 10.1. The molecule has 1 aromatic rings. The van der Waals surface area contributed by atoms with Crippen LogP contribution in [0.25, 0.3) is 0 Å². The number of hydrogen-bond donors (Lipinski definition) is 1. The van der Waals surface area contributed by atoms with Gasteiger partial charge in [-0.3, -0.25) is 4.79 Å². The van der Waals surface area contributed by atoms with Crippen molar-refractivity contribution < 1.29 is 9.90 Å². The van der Waals surface area contributed by atoms with Gasteiger partial charge in [0.25, 0.3) is 0 Å². The highest BCUT2D eigenvalue weighted by atomic mass is 79.9. The molecule has 1 N–H and O–H groups in total. The molecular weight excluding hydrogens is 296 g/mol. The number of rotatable bonds is 4. The monoisotopic (exact) mass is 306 g/mol. The quantitative estimate of drug-likeness (QED) is 0.864. The van der Waals surface area contributed by atoms with Gasteiger partial charge in [-0.2, -0.15) is 0 Å². The first-order chi connectivity index (χ1) is 7.08. The SMILES string of the molecule is CSc1cc(CC(=O)O)cc(Br)c1SC. The van der Waals surface area contributed by atoms with E-state index in [4.69, 9.17) is 5.11 Å². The summed E-state index contributed by atoms with van der Waals surface area (Å²) in [5.41, 5.74) is 0.830. The molecule has 0 aromatic heterocycles. The lowest BCUT2D eigenvalue weighted by Gasteiger charge is -2.09. The van der Waals surface area contributed by atoms with E-state index < -0.39 is 5.97 Å². The fourth-order valence-corrected chi connectivity index (χ4v) is 3.95. The number of hydrogen-bond acceptors (Lipinski definition) is 3. The van der Waals surface area contributed by atoms with E-state index in [2.05, 4.69) is 15.9 Å².